The monoisotopic (exact) mass is 263 g/mol. The minimum atomic E-state index is -2.81. The lowest BCUT2D eigenvalue weighted by Crippen LogP contribution is -2.40. The van der Waals surface area contributed by atoms with E-state index in [0.29, 0.717) is 17.6 Å². The molecule has 104 valence electrons. The lowest BCUT2D eigenvalue weighted by atomic mass is 9.92. The topological polar surface area (TPSA) is 46.2 Å². The average molecular weight is 263 g/mol. The zero-order valence-corrected chi connectivity index (χ0v) is 13.0. The summed E-state index contributed by atoms with van der Waals surface area (Å²) in [5.41, 5.74) is 0.128. The molecule has 17 heavy (non-hydrogen) atoms. The molecule has 0 aromatic heterocycles. The van der Waals surface area contributed by atoms with E-state index in [0.717, 1.165) is 13.0 Å². The number of rotatable bonds is 7. The third-order valence-corrected chi connectivity index (χ3v) is 4.99. The van der Waals surface area contributed by atoms with Gasteiger partial charge in [-0.1, -0.05) is 20.8 Å². The smallest absolute Gasteiger partial charge is 0.150 e. The van der Waals surface area contributed by atoms with Crippen LogP contribution < -0.4 is 5.32 Å². The molecule has 3 nitrogen and oxygen atoms in total. The maximum Gasteiger partial charge on any atom is 0.150 e. The first-order valence-corrected chi connectivity index (χ1v) is 8.35. The first-order valence-electron chi connectivity index (χ1n) is 6.53. The summed E-state index contributed by atoms with van der Waals surface area (Å²) in [5.74, 6) is 1.52. The molecule has 0 bridgehead atoms. The van der Waals surface area contributed by atoms with Crippen LogP contribution >= 0.6 is 0 Å². The molecule has 0 saturated heterocycles. The van der Waals surface area contributed by atoms with E-state index in [1.807, 2.05) is 0 Å². The summed E-state index contributed by atoms with van der Waals surface area (Å²) in [4.78, 5) is 0. The fourth-order valence-electron chi connectivity index (χ4n) is 1.46. The highest BCUT2D eigenvalue weighted by atomic mass is 32.2. The molecule has 0 amide bonds. The third kappa shape index (κ3) is 8.61. The van der Waals surface area contributed by atoms with Crippen molar-refractivity contribution in [1.82, 2.24) is 5.32 Å². The Kier molecular flexibility index (Phi) is 6.70. The highest BCUT2D eigenvalue weighted by Gasteiger charge is 2.18. The Labute approximate surface area is 107 Å². The predicted octanol–water partition coefficient (Wildman–Crippen LogP) is 2.47. The van der Waals surface area contributed by atoms with Crippen LogP contribution in [0.1, 0.15) is 48.0 Å². The van der Waals surface area contributed by atoms with Crippen molar-refractivity contribution in [3.8, 4) is 0 Å². The van der Waals surface area contributed by atoms with E-state index in [1.54, 1.807) is 6.92 Å². The lowest BCUT2D eigenvalue weighted by Gasteiger charge is -2.26. The SMILES string of the molecule is CCS(=O)(=O)CCC(C)C(C)CNC(C)(C)C. The van der Waals surface area contributed by atoms with Gasteiger partial charge in [0.15, 0.2) is 0 Å². The summed E-state index contributed by atoms with van der Waals surface area (Å²) < 4.78 is 22.9. The van der Waals surface area contributed by atoms with Gasteiger partial charge >= 0.3 is 0 Å². The minimum absolute atomic E-state index is 0.128. The van der Waals surface area contributed by atoms with Gasteiger partial charge in [0.05, 0.1) is 5.75 Å². The Morgan fingerprint density at radius 2 is 1.65 bits per heavy atom. The predicted molar refractivity (Wildman–Crippen MR) is 75.0 cm³/mol. The van der Waals surface area contributed by atoms with Crippen LogP contribution in [0.4, 0.5) is 0 Å². The summed E-state index contributed by atoms with van der Waals surface area (Å²) in [7, 11) is -2.81. The standard InChI is InChI=1S/C13H29NO2S/c1-7-17(15,16)9-8-11(2)12(3)10-14-13(4,5)6/h11-12,14H,7-10H2,1-6H3. The Hall–Kier alpha value is -0.0900. The first-order chi connectivity index (χ1) is 7.57. The van der Waals surface area contributed by atoms with Crippen molar-refractivity contribution >= 4 is 9.84 Å². The number of sulfone groups is 1. The quantitative estimate of drug-likeness (QED) is 0.767. The van der Waals surface area contributed by atoms with Crippen molar-refractivity contribution in [2.24, 2.45) is 11.8 Å². The van der Waals surface area contributed by atoms with Gasteiger partial charge in [-0.3, -0.25) is 0 Å². The molecule has 0 spiro atoms. The maximum absolute atomic E-state index is 11.4. The number of nitrogens with one attached hydrogen (secondary N) is 1. The summed E-state index contributed by atoms with van der Waals surface area (Å²) in [5, 5.41) is 3.46. The molecule has 0 aliphatic heterocycles. The Morgan fingerprint density at radius 1 is 1.12 bits per heavy atom. The number of hydrogen-bond acceptors (Lipinski definition) is 3. The van der Waals surface area contributed by atoms with Crippen LogP contribution in [0.3, 0.4) is 0 Å². The molecular weight excluding hydrogens is 234 g/mol. The van der Waals surface area contributed by atoms with Crippen LogP contribution in [0.2, 0.25) is 0 Å². The lowest BCUT2D eigenvalue weighted by molar-refractivity contribution is 0.313. The Morgan fingerprint density at radius 3 is 2.06 bits per heavy atom. The zero-order valence-electron chi connectivity index (χ0n) is 12.2. The Bertz CT molecular complexity index is 304. The largest absolute Gasteiger partial charge is 0.312 e. The van der Waals surface area contributed by atoms with Gasteiger partial charge < -0.3 is 5.32 Å². The number of hydrogen-bond donors (Lipinski definition) is 1. The zero-order chi connectivity index (χ0) is 13.7. The van der Waals surface area contributed by atoms with Crippen molar-refractivity contribution in [3.63, 3.8) is 0 Å². The van der Waals surface area contributed by atoms with Gasteiger partial charge in [-0.05, 0) is 45.6 Å². The van der Waals surface area contributed by atoms with E-state index < -0.39 is 9.84 Å². The first kappa shape index (κ1) is 16.9. The molecule has 0 rings (SSSR count). The van der Waals surface area contributed by atoms with Gasteiger partial charge in [0.25, 0.3) is 0 Å². The maximum atomic E-state index is 11.4. The third-order valence-electron chi connectivity index (χ3n) is 3.25. The summed E-state index contributed by atoms with van der Waals surface area (Å²) in [6, 6.07) is 0. The van der Waals surface area contributed by atoms with Crippen LogP contribution in [-0.4, -0.2) is 32.0 Å². The van der Waals surface area contributed by atoms with E-state index in [4.69, 9.17) is 0 Å². The van der Waals surface area contributed by atoms with Crippen LogP contribution in [0.25, 0.3) is 0 Å². The van der Waals surface area contributed by atoms with E-state index >= 15 is 0 Å². The van der Waals surface area contributed by atoms with Crippen LogP contribution in [0.15, 0.2) is 0 Å². The van der Waals surface area contributed by atoms with Gasteiger partial charge in [-0.2, -0.15) is 0 Å². The normalized spacial score (nSPS) is 16.8. The molecule has 4 heteroatoms. The van der Waals surface area contributed by atoms with Gasteiger partial charge in [-0.15, -0.1) is 0 Å². The van der Waals surface area contributed by atoms with Crippen LogP contribution in [0.5, 0.6) is 0 Å². The molecule has 0 aromatic carbocycles. The molecule has 0 fully saturated rings. The van der Waals surface area contributed by atoms with Gasteiger partial charge in [0.2, 0.25) is 0 Å². The van der Waals surface area contributed by atoms with Crippen molar-refractivity contribution in [2.45, 2.75) is 53.5 Å². The molecule has 0 radical (unpaired) electrons. The Balaban J connectivity index is 4.02. The second-order valence-corrected chi connectivity index (χ2v) is 8.58. The second kappa shape index (κ2) is 6.74. The second-order valence-electron chi connectivity index (χ2n) is 6.11. The van der Waals surface area contributed by atoms with Crippen LogP contribution in [0, 0.1) is 11.8 Å². The van der Waals surface area contributed by atoms with E-state index in [9.17, 15) is 8.42 Å². The van der Waals surface area contributed by atoms with Crippen molar-refractivity contribution in [2.75, 3.05) is 18.1 Å². The van der Waals surface area contributed by atoms with E-state index in [2.05, 4.69) is 39.9 Å². The average Bonchev–Trinajstić information content (AvgIpc) is 2.21. The molecule has 0 aliphatic rings. The van der Waals surface area contributed by atoms with Gasteiger partial charge in [0.1, 0.15) is 9.84 Å². The van der Waals surface area contributed by atoms with Gasteiger partial charge in [0, 0.05) is 11.3 Å². The molecule has 0 aromatic rings. The molecule has 0 heterocycles. The molecule has 0 aliphatic carbocycles. The minimum Gasteiger partial charge on any atom is -0.312 e. The highest BCUT2D eigenvalue weighted by Crippen LogP contribution is 2.16. The molecule has 2 atom stereocenters. The molecular formula is C13H29NO2S. The fourth-order valence-corrected chi connectivity index (χ4v) is 2.48. The van der Waals surface area contributed by atoms with Crippen molar-refractivity contribution < 1.29 is 8.42 Å². The van der Waals surface area contributed by atoms with Crippen molar-refractivity contribution in [3.05, 3.63) is 0 Å². The molecule has 0 saturated carbocycles. The molecule has 1 N–H and O–H groups in total. The summed E-state index contributed by atoms with van der Waals surface area (Å²) in [6.45, 7) is 13.4. The highest BCUT2D eigenvalue weighted by molar-refractivity contribution is 7.91. The van der Waals surface area contributed by atoms with Gasteiger partial charge in [-0.25, -0.2) is 8.42 Å². The fraction of sp³-hybridized carbons (Fsp3) is 1.00. The van der Waals surface area contributed by atoms with E-state index in [1.165, 1.54) is 0 Å². The van der Waals surface area contributed by atoms with Crippen LogP contribution in [-0.2, 0) is 9.84 Å². The summed E-state index contributed by atoms with van der Waals surface area (Å²) >= 11 is 0. The summed E-state index contributed by atoms with van der Waals surface area (Å²) in [6.07, 6.45) is 0.767. The van der Waals surface area contributed by atoms with Crippen molar-refractivity contribution in [1.29, 1.82) is 0 Å². The molecule has 2 unspecified atom stereocenters. The van der Waals surface area contributed by atoms with E-state index in [-0.39, 0.29) is 11.3 Å².